The van der Waals surface area contributed by atoms with E-state index in [-0.39, 0.29) is 17.9 Å². The highest BCUT2D eigenvalue weighted by Crippen LogP contribution is 2.28. The Labute approximate surface area is 113 Å². The van der Waals surface area contributed by atoms with Crippen LogP contribution in [0.15, 0.2) is 23.0 Å². The molecule has 0 bridgehead atoms. The minimum absolute atomic E-state index is 0.0918. The van der Waals surface area contributed by atoms with Crippen molar-refractivity contribution < 1.29 is 9.32 Å². The van der Waals surface area contributed by atoms with Crippen molar-refractivity contribution in [1.29, 1.82) is 0 Å². The fourth-order valence-corrected chi connectivity index (χ4v) is 2.57. The van der Waals surface area contributed by atoms with Crippen molar-refractivity contribution in [2.75, 3.05) is 0 Å². The molecule has 2 aromatic heterocycles. The number of aromatic nitrogens is 2. The molecular formula is C11H12ClN3O2S. The summed E-state index contributed by atoms with van der Waals surface area (Å²) in [5.41, 5.74) is 0. The summed E-state index contributed by atoms with van der Waals surface area (Å²) in [5.74, 6) is 0.113. The summed E-state index contributed by atoms with van der Waals surface area (Å²) < 4.78 is 5.31. The first-order chi connectivity index (χ1) is 8.58. The maximum atomic E-state index is 12.0. The van der Waals surface area contributed by atoms with Crippen LogP contribution in [0.2, 0.25) is 4.34 Å². The lowest BCUT2D eigenvalue weighted by Gasteiger charge is -2.14. The van der Waals surface area contributed by atoms with E-state index in [1.54, 1.807) is 13.0 Å². The average Bonchev–Trinajstić information content (AvgIpc) is 2.98. The first kappa shape index (κ1) is 13.0. The molecular weight excluding hydrogens is 274 g/mol. The van der Waals surface area contributed by atoms with Crippen LogP contribution < -0.4 is 5.32 Å². The van der Waals surface area contributed by atoms with E-state index in [0.29, 0.717) is 10.2 Å². The Kier molecular flexibility index (Phi) is 3.98. The first-order valence-electron chi connectivity index (χ1n) is 5.40. The molecule has 0 aliphatic rings. The van der Waals surface area contributed by atoms with E-state index in [9.17, 15) is 4.79 Å². The minimum atomic E-state index is -0.283. The van der Waals surface area contributed by atoms with E-state index in [1.165, 1.54) is 17.7 Å². The Morgan fingerprint density at radius 1 is 1.50 bits per heavy atom. The normalized spacial score (nSPS) is 14.2. The van der Waals surface area contributed by atoms with Gasteiger partial charge in [0.05, 0.1) is 16.3 Å². The summed E-state index contributed by atoms with van der Waals surface area (Å²) in [7, 11) is 0. The fraction of sp³-hybridized carbons (Fsp3) is 0.364. The van der Waals surface area contributed by atoms with Crippen molar-refractivity contribution in [3.05, 3.63) is 33.6 Å². The van der Waals surface area contributed by atoms with Gasteiger partial charge in [-0.25, -0.2) is 0 Å². The van der Waals surface area contributed by atoms with Crippen LogP contribution in [0, 0.1) is 0 Å². The number of thiophene rings is 1. The highest BCUT2D eigenvalue weighted by molar-refractivity contribution is 7.16. The molecule has 0 aliphatic heterocycles. The van der Waals surface area contributed by atoms with Gasteiger partial charge in [0.15, 0.2) is 5.82 Å². The van der Waals surface area contributed by atoms with Crippen LogP contribution in [0.3, 0.4) is 0 Å². The highest BCUT2D eigenvalue weighted by Gasteiger charge is 2.20. The molecule has 0 spiro atoms. The molecule has 96 valence electrons. The Bertz CT molecular complexity index is 526. The fourth-order valence-electron chi connectivity index (χ4n) is 1.46. The summed E-state index contributed by atoms with van der Waals surface area (Å²) in [4.78, 5) is 16.8. The van der Waals surface area contributed by atoms with Crippen molar-refractivity contribution in [2.24, 2.45) is 0 Å². The van der Waals surface area contributed by atoms with Crippen LogP contribution in [0.25, 0.3) is 0 Å². The van der Waals surface area contributed by atoms with Crippen molar-refractivity contribution in [3.8, 4) is 0 Å². The van der Waals surface area contributed by atoms with E-state index in [1.807, 2.05) is 13.0 Å². The largest absolute Gasteiger partial charge is 0.346 e. The third-order valence-electron chi connectivity index (χ3n) is 2.54. The van der Waals surface area contributed by atoms with Crippen molar-refractivity contribution >= 4 is 28.8 Å². The van der Waals surface area contributed by atoms with Gasteiger partial charge in [-0.05, 0) is 26.0 Å². The van der Waals surface area contributed by atoms with Crippen LogP contribution >= 0.6 is 22.9 Å². The van der Waals surface area contributed by atoms with E-state index in [0.717, 1.165) is 4.88 Å². The summed E-state index contributed by atoms with van der Waals surface area (Å²) in [6.45, 7) is 3.64. The SMILES string of the molecule is C[C@H](NC(=O)[C@@H](C)c1ccc(Cl)s1)c1ncon1. The van der Waals surface area contributed by atoms with Gasteiger partial charge in [0, 0.05) is 4.88 Å². The zero-order chi connectivity index (χ0) is 13.1. The topological polar surface area (TPSA) is 68.0 Å². The molecule has 0 unspecified atom stereocenters. The number of carbonyl (C=O) groups excluding carboxylic acids is 1. The second-order valence-electron chi connectivity index (χ2n) is 3.88. The molecule has 2 atom stereocenters. The molecule has 0 aromatic carbocycles. The van der Waals surface area contributed by atoms with E-state index in [4.69, 9.17) is 11.6 Å². The van der Waals surface area contributed by atoms with Crippen molar-refractivity contribution in [1.82, 2.24) is 15.5 Å². The second kappa shape index (κ2) is 5.49. The van der Waals surface area contributed by atoms with Gasteiger partial charge in [-0.15, -0.1) is 11.3 Å². The number of hydrogen-bond acceptors (Lipinski definition) is 5. The molecule has 2 aromatic rings. The predicted octanol–water partition coefficient (Wildman–Crippen LogP) is 2.77. The van der Waals surface area contributed by atoms with Gasteiger partial charge in [-0.1, -0.05) is 16.8 Å². The number of amides is 1. The zero-order valence-corrected chi connectivity index (χ0v) is 11.5. The smallest absolute Gasteiger partial charge is 0.228 e. The Hall–Kier alpha value is -1.40. The summed E-state index contributed by atoms with van der Waals surface area (Å²) in [6.07, 6.45) is 1.24. The summed E-state index contributed by atoms with van der Waals surface area (Å²) in [5, 5.41) is 6.52. The molecule has 2 rings (SSSR count). The lowest BCUT2D eigenvalue weighted by Crippen LogP contribution is -2.30. The van der Waals surface area contributed by atoms with Gasteiger partial charge in [-0.3, -0.25) is 4.79 Å². The van der Waals surface area contributed by atoms with Gasteiger partial charge in [0.2, 0.25) is 12.3 Å². The maximum absolute atomic E-state index is 12.0. The molecule has 5 nitrogen and oxygen atoms in total. The van der Waals surface area contributed by atoms with Gasteiger partial charge in [0.1, 0.15) is 0 Å². The minimum Gasteiger partial charge on any atom is -0.346 e. The van der Waals surface area contributed by atoms with Crippen molar-refractivity contribution in [2.45, 2.75) is 25.8 Å². The Balaban J connectivity index is 1.99. The first-order valence-corrected chi connectivity index (χ1v) is 6.59. The molecule has 7 heteroatoms. The second-order valence-corrected chi connectivity index (χ2v) is 5.63. The van der Waals surface area contributed by atoms with Crippen LogP contribution in [0.4, 0.5) is 0 Å². The molecule has 0 saturated heterocycles. The Morgan fingerprint density at radius 3 is 2.83 bits per heavy atom. The number of nitrogens with zero attached hydrogens (tertiary/aromatic N) is 2. The quantitative estimate of drug-likeness (QED) is 0.938. The van der Waals surface area contributed by atoms with Crippen LogP contribution in [-0.4, -0.2) is 16.0 Å². The Morgan fingerprint density at radius 2 is 2.28 bits per heavy atom. The standard InChI is InChI=1S/C11H12ClN3O2S/c1-6(8-3-4-9(12)18-8)11(16)14-7(2)10-13-5-17-15-10/h3-7H,1-2H3,(H,14,16)/t6-,7-/m0/s1. The van der Waals surface area contributed by atoms with E-state index >= 15 is 0 Å². The molecule has 0 saturated carbocycles. The molecule has 1 N–H and O–H groups in total. The number of carbonyl (C=O) groups is 1. The van der Waals surface area contributed by atoms with Crippen molar-refractivity contribution in [3.63, 3.8) is 0 Å². The molecule has 0 aliphatic carbocycles. The molecule has 1 amide bonds. The monoisotopic (exact) mass is 285 g/mol. The van der Waals surface area contributed by atoms with Crippen LogP contribution in [0.1, 0.15) is 36.5 Å². The maximum Gasteiger partial charge on any atom is 0.228 e. The molecule has 2 heterocycles. The zero-order valence-electron chi connectivity index (χ0n) is 9.88. The average molecular weight is 286 g/mol. The predicted molar refractivity (Wildman–Crippen MR) is 68.6 cm³/mol. The van der Waals surface area contributed by atoms with Crippen LogP contribution in [0.5, 0.6) is 0 Å². The summed E-state index contributed by atoms with van der Waals surface area (Å²) >= 11 is 7.25. The van der Waals surface area contributed by atoms with Crippen LogP contribution in [-0.2, 0) is 4.79 Å². The number of halogens is 1. The van der Waals surface area contributed by atoms with Gasteiger partial charge >= 0.3 is 0 Å². The number of nitrogens with one attached hydrogen (secondary N) is 1. The number of rotatable bonds is 4. The third kappa shape index (κ3) is 2.88. The lowest BCUT2D eigenvalue weighted by atomic mass is 10.1. The number of hydrogen-bond donors (Lipinski definition) is 1. The lowest BCUT2D eigenvalue weighted by molar-refractivity contribution is -0.122. The molecule has 0 radical (unpaired) electrons. The summed E-state index contributed by atoms with van der Waals surface area (Å²) in [6, 6.07) is 3.36. The molecule has 18 heavy (non-hydrogen) atoms. The molecule has 0 fully saturated rings. The highest BCUT2D eigenvalue weighted by atomic mass is 35.5. The third-order valence-corrected chi connectivity index (χ3v) is 3.95. The van der Waals surface area contributed by atoms with E-state index < -0.39 is 0 Å². The van der Waals surface area contributed by atoms with Gasteiger partial charge in [0.25, 0.3) is 0 Å². The van der Waals surface area contributed by atoms with E-state index in [2.05, 4.69) is 20.0 Å². The van der Waals surface area contributed by atoms with Gasteiger partial charge < -0.3 is 9.84 Å². The van der Waals surface area contributed by atoms with Gasteiger partial charge in [-0.2, -0.15) is 4.98 Å².